The van der Waals surface area contributed by atoms with Crippen LogP contribution in [-0.2, 0) is 34.0 Å². The number of thiazole rings is 1. The number of hydrogen-bond acceptors (Lipinski definition) is 5. The Bertz CT molecular complexity index is 1230. The zero-order chi connectivity index (χ0) is 23.6. The van der Waals surface area contributed by atoms with Crippen molar-refractivity contribution in [3.05, 3.63) is 70.7 Å². The molecule has 0 bridgehead atoms. The van der Waals surface area contributed by atoms with E-state index in [2.05, 4.69) is 15.0 Å². The lowest BCUT2D eigenvalue weighted by molar-refractivity contribution is -0.137. The van der Waals surface area contributed by atoms with Crippen LogP contribution in [0.1, 0.15) is 29.7 Å². The molecule has 4 rings (SSSR count). The van der Waals surface area contributed by atoms with E-state index in [0.717, 1.165) is 30.5 Å². The molecule has 11 heteroatoms. The smallest absolute Gasteiger partial charge is 0.352 e. The molecule has 0 unspecified atom stereocenters. The molecule has 174 valence electrons. The van der Waals surface area contributed by atoms with Gasteiger partial charge in [0.15, 0.2) is 0 Å². The lowest BCUT2D eigenvalue weighted by atomic mass is 10.1. The molecule has 1 heterocycles. The number of halogens is 3. The first-order valence-corrected chi connectivity index (χ1v) is 12.5. The van der Waals surface area contributed by atoms with Crippen molar-refractivity contribution in [2.75, 3.05) is 0 Å². The van der Waals surface area contributed by atoms with E-state index in [9.17, 15) is 26.4 Å². The molecule has 1 amide bonds. The Labute approximate surface area is 192 Å². The highest BCUT2D eigenvalue weighted by Gasteiger charge is 2.30. The standard InChI is InChI=1S/C22H20F3N3O3S2/c23-22(24,25)16-5-3-15(4-6-16)21-27-18(13-32-21)11-20(29)26-12-14-1-9-19(10-2-14)33(30,31)28-17-7-8-17/h1-6,9-10,13,17,28H,7-8,11-12H2,(H,26,29). The summed E-state index contributed by atoms with van der Waals surface area (Å²) < 4.78 is 65.1. The SMILES string of the molecule is O=C(Cc1csc(-c2ccc(C(F)(F)F)cc2)n1)NCc1ccc(S(=O)(=O)NC2CC2)cc1. The molecule has 1 aliphatic carbocycles. The van der Waals surface area contributed by atoms with E-state index >= 15 is 0 Å². The summed E-state index contributed by atoms with van der Waals surface area (Å²) in [6.45, 7) is 0.227. The molecule has 33 heavy (non-hydrogen) atoms. The maximum absolute atomic E-state index is 12.7. The summed E-state index contributed by atoms with van der Waals surface area (Å²) in [6.07, 6.45) is -2.66. The second-order valence-electron chi connectivity index (χ2n) is 7.71. The molecule has 0 spiro atoms. The van der Waals surface area contributed by atoms with E-state index in [-0.39, 0.29) is 29.8 Å². The van der Waals surface area contributed by atoms with Crippen LogP contribution in [0.2, 0.25) is 0 Å². The number of nitrogens with one attached hydrogen (secondary N) is 2. The first kappa shape index (κ1) is 23.4. The van der Waals surface area contributed by atoms with Crippen LogP contribution in [-0.4, -0.2) is 25.4 Å². The lowest BCUT2D eigenvalue weighted by Gasteiger charge is -2.08. The topological polar surface area (TPSA) is 88.2 Å². The summed E-state index contributed by atoms with van der Waals surface area (Å²) in [7, 11) is -3.52. The predicted octanol–water partition coefficient (Wildman–Crippen LogP) is 4.13. The molecule has 2 aromatic carbocycles. The van der Waals surface area contributed by atoms with Crippen molar-refractivity contribution in [1.29, 1.82) is 0 Å². The van der Waals surface area contributed by atoms with Gasteiger partial charge in [0.2, 0.25) is 15.9 Å². The van der Waals surface area contributed by atoms with E-state index in [1.807, 2.05) is 0 Å². The summed E-state index contributed by atoms with van der Waals surface area (Å²) in [6, 6.07) is 11.0. The van der Waals surface area contributed by atoms with Crippen molar-refractivity contribution in [2.45, 2.75) is 42.9 Å². The third-order valence-corrected chi connectivity index (χ3v) is 7.45. The van der Waals surface area contributed by atoms with Crippen LogP contribution < -0.4 is 10.0 Å². The van der Waals surface area contributed by atoms with Gasteiger partial charge in [-0.15, -0.1) is 11.3 Å². The molecule has 6 nitrogen and oxygen atoms in total. The number of rotatable bonds is 8. The minimum atomic E-state index is -4.40. The van der Waals surface area contributed by atoms with Crippen LogP contribution >= 0.6 is 11.3 Å². The number of hydrogen-bond donors (Lipinski definition) is 2. The fraction of sp³-hybridized carbons (Fsp3) is 0.273. The zero-order valence-electron chi connectivity index (χ0n) is 17.2. The van der Waals surface area contributed by atoms with Crippen molar-refractivity contribution in [2.24, 2.45) is 0 Å². The Kier molecular flexibility index (Phi) is 6.55. The Balaban J connectivity index is 1.30. The van der Waals surface area contributed by atoms with Gasteiger partial charge in [0.05, 0.1) is 22.6 Å². The highest BCUT2D eigenvalue weighted by atomic mass is 32.2. The number of carbonyl (C=O) groups excluding carboxylic acids is 1. The first-order chi connectivity index (χ1) is 15.6. The Morgan fingerprint density at radius 1 is 1.06 bits per heavy atom. The monoisotopic (exact) mass is 495 g/mol. The molecular formula is C22H20F3N3O3S2. The fourth-order valence-electron chi connectivity index (χ4n) is 3.03. The van der Waals surface area contributed by atoms with Crippen molar-refractivity contribution < 1.29 is 26.4 Å². The van der Waals surface area contributed by atoms with Gasteiger partial charge in [-0.3, -0.25) is 4.79 Å². The molecule has 1 aromatic heterocycles. The van der Waals surface area contributed by atoms with Gasteiger partial charge >= 0.3 is 6.18 Å². The molecule has 1 aliphatic rings. The van der Waals surface area contributed by atoms with Gasteiger partial charge in [-0.05, 0) is 42.7 Å². The number of amides is 1. The second kappa shape index (κ2) is 9.24. The minimum absolute atomic E-state index is 0.0227. The van der Waals surface area contributed by atoms with E-state index in [0.29, 0.717) is 16.3 Å². The highest BCUT2D eigenvalue weighted by Crippen LogP contribution is 2.31. The summed E-state index contributed by atoms with van der Waals surface area (Å²) >= 11 is 1.25. The van der Waals surface area contributed by atoms with Crippen molar-refractivity contribution in [1.82, 2.24) is 15.0 Å². The van der Waals surface area contributed by atoms with Crippen molar-refractivity contribution in [3.63, 3.8) is 0 Å². The molecule has 0 atom stereocenters. The number of carbonyl (C=O) groups is 1. The number of sulfonamides is 1. The van der Waals surface area contributed by atoms with Gasteiger partial charge in [0.1, 0.15) is 5.01 Å². The van der Waals surface area contributed by atoms with Crippen molar-refractivity contribution >= 4 is 27.3 Å². The van der Waals surface area contributed by atoms with Gasteiger partial charge < -0.3 is 5.32 Å². The summed E-state index contributed by atoms with van der Waals surface area (Å²) in [4.78, 5) is 16.8. The average Bonchev–Trinajstić information content (AvgIpc) is 3.45. The van der Waals surface area contributed by atoms with Gasteiger partial charge in [-0.1, -0.05) is 24.3 Å². The summed E-state index contributed by atoms with van der Waals surface area (Å²) in [5.74, 6) is -0.272. The fourth-order valence-corrected chi connectivity index (χ4v) is 5.16. The maximum atomic E-state index is 12.7. The largest absolute Gasteiger partial charge is 0.416 e. The van der Waals surface area contributed by atoms with E-state index in [1.165, 1.54) is 35.6 Å². The number of alkyl halides is 3. The van der Waals surface area contributed by atoms with Crippen LogP contribution in [0.5, 0.6) is 0 Å². The molecule has 0 radical (unpaired) electrons. The number of aromatic nitrogens is 1. The van der Waals surface area contributed by atoms with E-state index in [1.54, 1.807) is 17.5 Å². The molecule has 1 saturated carbocycles. The second-order valence-corrected chi connectivity index (χ2v) is 10.3. The molecular weight excluding hydrogens is 475 g/mol. The van der Waals surface area contributed by atoms with Gasteiger partial charge in [0, 0.05) is 23.5 Å². The molecule has 0 saturated heterocycles. The maximum Gasteiger partial charge on any atom is 0.416 e. The quantitative estimate of drug-likeness (QED) is 0.492. The highest BCUT2D eigenvalue weighted by molar-refractivity contribution is 7.89. The lowest BCUT2D eigenvalue weighted by Crippen LogP contribution is -2.26. The third kappa shape index (κ3) is 6.18. The van der Waals surface area contributed by atoms with Crippen LogP contribution in [0, 0.1) is 0 Å². The Hall–Kier alpha value is -2.76. The molecule has 1 fully saturated rings. The first-order valence-electron chi connectivity index (χ1n) is 10.1. The molecule has 2 N–H and O–H groups in total. The van der Waals surface area contributed by atoms with Gasteiger partial charge in [-0.2, -0.15) is 13.2 Å². The minimum Gasteiger partial charge on any atom is -0.352 e. The zero-order valence-corrected chi connectivity index (χ0v) is 18.9. The van der Waals surface area contributed by atoms with Crippen LogP contribution in [0.25, 0.3) is 10.6 Å². The van der Waals surface area contributed by atoms with Crippen LogP contribution in [0.4, 0.5) is 13.2 Å². The molecule has 3 aromatic rings. The number of benzene rings is 2. The summed E-state index contributed by atoms with van der Waals surface area (Å²) in [5, 5.41) is 4.98. The summed E-state index contributed by atoms with van der Waals surface area (Å²) in [5.41, 5.74) is 1.08. The predicted molar refractivity (Wildman–Crippen MR) is 118 cm³/mol. The Morgan fingerprint density at radius 2 is 1.73 bits per heavy atom. The average molecular weight is 496 g/mol. The van der Waals surface area contributed by atoms with Crippen molar-refractivity contribution in [3.8, 4) is 10.6 Å². The van der Waals surface area contributed by atoms with Crippen LogP contribution in [0.15, 0.2) is 58.8 Å². The van der Waals surface area contributed by atoms with Gasteiger partial charge in [0.25, 0.3) is 0 Å². The van der Waals surface area contributed by atoms with E-state index < -0.39 is 21.8 Å². The van der Waals surface area contributed by atoms with Gasteiger partial charge in [-0.25, -0.2) is 18.1 Å². The van der Waals surface area contributed by atoms with Crippen LogP contribution in [0.3, 0.4) is 0 Å². The third-order valence-electron chi connectivity index (χ3n) is 4.98. The number of nitrogens with zero attached hydrogens (tertiary/aromatic N) is 1. The molecule has 0 aliphatic heterocycles. The van der Waals surface area contributed by atoms with E-state index in [4.69, 9.17) is 0 Å². The normalized spacial score (nSPS) is 14.3. The Morgan fingerprint density at radius 3 is 2.33 bits per heavy atom.